The number of fused-ring (bicyclic) bond motifs is 2. The van der Waals surface area contributed by atoms with E-state index in [2.05, 4.69) is 233 Å². The van der Waals surface area contributed by atoms with E-state index in [1.54, 1.807) is 0 Å². The fraction of sp³-hybridized carbons (Fsp3) is 0.0606. The molecule has 6 heteroatoms. The molecule has 0 radical (unpaired) electrons. The number of pyridine rings is 2. The molecule has 4 heterocycles. The maximum absolute atomic E-state index is 6.67. The summed E-state index contributed by atoms with van der Waals surface area (Å²) in [5.41, 5.74) is 20.4. The van der Waals surface area contributed by atoms with Gasteiger partial charge in [0.15, 0.2) is 0 Å². The SMILES string of the molecule is Cc1cccc(C)c1-c1cc2c(-c3[c-]c(N(c4[c-]c(-c5nccc6oc(-c7c(C)cccc7C)cc56)cc(-c5ccccc5)c4)c4ccccc4-c4ccccc4)cc(-c4ccccc4)c3)nccc2o1.[Pt+2]. The van der Waals surface area contributed by atoms with Crippen LogP contribution in [0.15, 0.2) is 221 Å². The number of aromatic nitrogens is 2. The molecular weight excluding hydrogens is 1060 g/mol. The van der Waals surface area contributed by atoms with Gasteiger partial charge in [-0.3, -0.25) is 0 Å². The average molecular weight is 1110 g/mol. The van der Waals surface area contributed by atoms with Gasteiger partial charge in [-0.25, -0.2) is 0 Å². The Balaban J connectivity index is 0.00000560. The molecule has 0 amide bonds. The molecule has 12 aromatic rings. The molecule has 8 aromatic carbocycles. The molecule has 0 unspecified atom stereocenters. The molecule has 5 nitrogen and oxygen atoms in total. The van der Waals surface area contributed by atoms with Crippen LogP contribution in [0.4, 0.5) is 17.1 Å². The summed E-state index contributed by atoms with van der Waals surface area (Å²) in [5.74, 6) is 1.62. The van der Waals surface area contributed by atoms with Crippen LogP contribution in [0, 0.1) is 39.8 Å². The number of nitrogens with zero attached hydrogens (tertiary/aromatic N) is 3. The standard InChI is InChI=1S/C66H47N3O2.Pt/c1-42-18-16-19-43(2)63(42)61-40-56-59(70-61)30-32-67-65(56)51-34-49(46-22-8-5-9-23-46)36-53(38-51)69(58-29-15-14-28-55(58)48-26-12-7-13-27-48)54-37-50(47-24-10-6-11-25-47)35-52(39-54)66-57-41-62(71-60(57)31-33-68-66)64-44(3)20-17-21-45(64)4;/h5-37,40-41H,1-4H3;/q-2;+2. The molecule has 0 bridgehead atoms. The molecular formula is C66H47N3O2Pt. The zero-order valence-corrected chi connectivity index (χ0v) is 42.5. The van der Waals surface area contributed by atoms with Gasteiger partial charge in [0.1, 0.15) is 22.7 Å². The van der Waals surface area contributed by atoms with E-state index in [1.807, 2.05) is 24.5 Å². The summed E-state index contributed by atoms with van der Waals surface area (Å²) in [6.45, 7) is 8.52. The van der Waals surface area contributed by atoms with Crippen LogP contribution in [0.5, 0.6) is 0 Å². The summed E-state index contributed by atoms with van der Waals surface area (Å²) >= 11 is 0. The molecule has 0 saturated carbocycles. The maximum atomic E-state index is 6.67. The third kappa shape index (κ3) is 8.57. The van der Waals surface area contributed by atoms with Crippen molar-refractivity contribution in [3.63, 3.8) is 0 Å². The van der Waals surface area contributed by atoms with Crippen molar-refractivity contribution in [3.8, 4) is 78.5 Å². The van der Waals surface area contributed by atoms with E-state index in [9.17, 15) is 0 Å². The summed E-state index contributed by atoms with van der Waals surface area (Å²) in [7, 11) is 0. The minimum absolute atomic E-state index is 0. The van der Waals surface area contributed by atoms with Crippen LogP contribution < -0.4 is 4.90 Å². The number of anilines is 3. The van der Waals surface area contributed by atoms with Crippen LogP contribution >= 0.6 is 0 Å². The van der Waals surface area contributed by atoms with Gasteiger partial charge < -0.3 is 23.7 Å². The minimum atomic E-state index is 0. The van der Waals surface area contributed by atoms with Gasteiger partial charge in [-0.1, -0.05) is 157 Å². The Bertz CT molecular complexity index is 3680. The number of hydrogen-bond acceptors (Lipinski definition) is 5. The second-order valence-corrected chi connectivity index (χ2v) is 18.2. The van der Waals surface area contributed by atoms with Gasteiger partial charge in [-0.2, -0.15) is 0 Å². The van der Waals surface area contributed by atoms with Crippen LogP contribution in [0.25, 0.3) is 100 Å². The first-order valence-electron chi connectivity index (χ1n) is 24.0. The van der Waals surface area contributed by atoms with Crippen molar-refractivity contribution < 1.29 is 29.9 Å². The molecule has 4 aromatic heterocycles. The summed E-state index contributed by atoms with van der Waals surface area (Å²) < 4.78 is 13.3. The molecule has 348 valence electrons. The van der Waals surface area contributed by atoms with Crippen molar-refractivity contribution in [2.75, 3.05) is 4.90 Å². The van der Waals surface area contributed by atoms with Crippen LogP contribution in [0.1, 0.15) is 22.3 Å². The molecule has 0 spiro atoms. The zero-order valence-electron chi connectivity index (χ0n) is 40.2. The van der Waals surface area contributed by atoms with Crippen molar-refractivity contribution in [3.05, 3.63) is 247 Å². The fourth-order valence-electron chi connectivity index (χ4n) is 10.1. The first-order valence-corrected chi connectivity index (χ1v) is 24.0. The Morgan fingerprint density at radius 2 is 0.792 bits per heavy atom. The average Bonchev–Trinajstić information content (AvgIpc) is 4.04. The van der Waals surface area contributed by atoms with Gasteiger partial charge >= 0.3 is 21.1 Å². The smallest absolute Gasteiger partial charge is 0.457 e. The molecule has 0 aliphatic heterocycles. The van der Waals surface area contributed by atoms with Crippen molar-refractivity contribution in [1.82, 2.24) is 9.97 Å². The molecule has 12 rings (SSSR count). The summed E-state index contributed by atoms with van der Waals surface area (Å²) in [4.78, 5) is 12.5. The van der Waals surface area contributed by atoms with Gasteiger partial charge in [0.05, 0.1) is 5.69 Å². The second-order valence-electron chi connectivity index (χ2n) is 18.2. The second kappa shape index (κ2) is 19.4. The third-order valence-corrected chi connectivity index (χ3v) is 13.5. The van der Waals surface area contributed by atoms with Crippen molar-refractivity contribution in [2.24, 2.45) is 0 Å². The predicted molar refractivity (Wildman–Crippen MR) is 291 cm³/mol. The van der Waals surface area contributed by atoms with Gasteiger partial charge in [0.25, 0.3) is 0 Å². The summed E-state index contributed by atoms with van der Waals surface area (Å²) in [5, 5.41) is 1.82. The number of rotatable bonds is 10. The van der Waals surface area contributed by atoms with E-state index in [1.165, 1.54) is 0 Å². The maximum Gasteiger partial charge on any atom is 2.00 e. The van der Waals surface area contributed by atoms with Gasteiger partial charge in [0, 0.05) is 39.9 Å². The minimum Gasteiger partial charge on any atom is -0.457 e. The molecule has 0 atom stereocenters. The molecule has 72 heavy (non-hydrogen) atoms. The summed E-state index contributed by atoms with van der Waals surface area (Å²) in [6.07, 6.45) is 3.67. The Morgan fingerprint density at radius 3 is 1.24 bits per heavy atom. The van der Waals surface area contributed by atoms with E-state index >= 15 is 0 Å². The van der Waals surface area contributed by atoms with Crippen LogP contribution in [0.2, 0.25) is 0 Å². The fourth-order valence-corrected chi connectivity index (χ4v) is 10.1. The Kier molecular flexibility index (Phi) is 12.4. The van der Waals surface area contributed by atoms with Crippen molar-refractivity contribution in [1.29, 1.82) is 0 Å². The van der Waals surface area contributed by atoms with E-state index in [0.29, 0.717) is 0 Å². The Labute approximate surface area is 434 Å². The largest absolute Gasteiger partial charge is 2.00 e. The van der Waals surface area contributed by atoms with Crippen molar-refractivity contribution >= 4 is 39.0 Å². The molecule has 0 saturated heterocycles. The van der Waals surface area contributed by atoms with E-state index in [4.69, 9.17) is 18.8 Å². The van der Waals surface area contributed by atoms with Gasteiger partial charge in [0.2, 0.25) is 0 Å². The van der Waals surface area contributed by atoms with Crippen LogP contribution in [-0.2, 0) is 21.1 Å². The van der Waals surface area contributed by atoms with Crippen LogP contribution in [0.3, 0.4) is 0 Å². The topological polar surface area (TPSA) is 55.3 Å². The first-order chi connectivity index (χ1) is 34.8. The monoisotopic (exact) mass is 1110 g/mol. The Morgan fingerprint density at radius 1 is 0.389 bits per heavy atom. The van der Waals surface area contributed by atoms with E-state index in [-0.39, 0.29) is 21.1 Å². The summed E-state index contributed by atoms with van der Waals surface area (Å²) in [6, 6.07) is 77.8. The number of furan rings is 2. The molecule has 0 aliphatic rings. The molecule has 0 N–H and O–H groups in total. The number of para-hydroxylation sites is 1. The molecule has 0 fully saturated rings. The Hall–Kier alpha value is -8.37. The quantitative estimate of drug-likeness (QED) is 0.128. The van der Waals surface area contributed by atoms with Gasteiger partial charge in [-0.05, 0) is 120 Å². The number of hydrogen-bond donors (Lipinski definition) is 0. The van der Waals surface area contributed by atoms with E-state index in [0.717, 1.165) is 140 Å². The van der Waals surface area contributed by atoms with Crippen molar-refractivity contribution in [2.45, 2.75) is 27.7 Å². The number of benzene rings is 8. The third-order valence-electron chi connectivity index (χ3n) is 13.5. The van der Waals surface area contributed by atoms with Crippen LogP contribution in [-0.4, -0.2) is 9.97 Å². The normalized spacial score (nSPS) is 11.2. The first kappa shape index (κ1) is 46.0. The number of aryl methyl sites for hydroxylation is 4. The predicted octanol–water partition coefficient (Wildman–Crippen LogP) is 17.9. The van der Waals surface area contributed by atoms with Gasteiger partial charge in [-0.15, -0.1) is 47.5 Å². The molecule has 0 aliphatic carbocycles. The van der Waals surface area contributed by atoms with E-state index < -0.39 is 0 Å². The zero-order chi connectivity index (χ0) is 48.0.